The third-order valence-corrected chi connectivity index (χ3v) is 4.16. The molecule has 0 bridgehead atoms. The fourth-order valence-electron chi connectivity index (χ4n) is 2.94. The van der Waals surface area contributed by atoms with Crippen LogP contribution in [-0.4, -0.2) is 35.3 Å². The summed E-state index contributed by atoms with van der Waals surface area (Å²) in [6, 6.07) is 9.63. The van der Waals surface area contributed by atoms with E-state index in [1.54, 1.807) is 0 Å². The van der Waals surface area contributed by atoms with Gasteiger partial charge in [-0.2, -0.15) is 0 Å². The van der Waals surface area contributed by atoms with Gasteiger partial charge in [0.15, 0.2) is 0 Å². The number of carbonyl (C=O) groups excluding carboxylic acids is 2. The van der Waals surface area contributed by atoms with Crippen LogP contribution in [-0.2, 0) is 16.0 Å². The second-order valence-electron chi connectivity index (χ2n) is 5.56. The molecule has 0 aromatic heterocycles. The Morgan fingerprint density at radius 3 is 2.48 bits per heavy atom. The number of carbonyl (C=O) groups is 2. The second-order valence-corrected chi connectivity index (χ2v) is 5.56. The maximum Gasteiger partial charge on any atom is 0.245 e. The maximum atomic E-state index is 12.8. The standard InChI is InChI=1S/C17H24N2O2/c1-3-14(4-2)19-11-10-16(20)18-15(17(19)21)12-13-8-6-5-7-9-13/h5-9,14-15H,3-4,10-12H2,1-2H3,(H,18,20). The Morgan fingerprint density at radius 1 is 1.19 bits per heavy atom. The minimum Gasteiger partial charge on any atom is -0.344 e. The summed E-state index contributed by atoms with van der Waals surface area (Å²) in [7, 11) is 0. The van der Waals surface area contributed by atoms with E-state index in [-0.39, 0.29) is 17.9 Å². The quantitative estimate of drug-likeness (QED) is 0.902. The Labute approximate surface area is 126 Å². The highest BCUT2D eigenvalue weighted by atomic mass is 16.2. The monoisotopic (exact) mass is 288 g/mol. The lowest BCUT2D eigenvalue weighted by Crippen LogP contribution is -2.49. The van der Waals surface area contributed by atoms with Crippen LogP contribution < -0.4 is 5.32 Å². The van der Waals surface area contributed by atoms with Crippen LogP contribution in [0.1, 0.15) is 38.7 Å². The van der Waals surface area contributed by atoms with Gasteiger partial charge in [-0.3, -0.25) is 9.59 Å². The van der Waals surface area contributed by atoms with Crippen molar-refractivity contribution in [3.63, 3.8) is 0 Å². The van der Waals surface area contributed by atoms with Crippen molar-refractivity contribution in [2.75, 3.05) is 6.54 Å². The molecule has 4 nitrogen and oxygen atoms in total. The van der Waals surface area contributed by atoms with E-state index in [9.17, 15) is 9.59 Å². The Morgan fingerprint density at radius 2 is 1.86 bits per heavy atom. The zero-order valence-corrected chi connectivity index (χ0v) is 12.8. The lowest BCUT2D eigenvalue weighted by atomic mass is 10.0. The lowest BCUT2D eigenvalue weighted by molar-refractivity contribution is -0.135. The van der Waals surface area contributed by atoms with E-state index in [0.717, 1.165) is 18.4 Å². The topological polar surface area (TPSA) is 49.4 Å². The normalized spacial score (nSPS) is 19.6. The smallest absolute Gasteiger partial charge is 0.245 e. The van der Waals surface area contributed by atoms with Gasteiger partial charge in [-0.15, -0.1) is 0 Å². The van der Waals surface area contributed by atoms with E-state index >= 15 is 0 Å². The molecule has 1 aromatic carbocycles. The van der Waals surface area contributed by atoms with Crippen LogP contribution in [0.3, 0.4) is 0 Å². The lowest BCUT2D eigenvalue weighted by Gasteiger charge is -2.31. The molecule has 1 aromatic rings. The van der Waals surface area contributed by atoms with Crippen molar-refractivity contribution >= 4 is 11.8 Å². The SMILES string of the molecule is CCC(CC)N1CCC(=O)NC(Cc2ccccc2)C1=O. The van der Waals surface area contributed by atoms with Gasteiger partial charge in [0.25, 0.3) is 0 Å². The molecule has 2 rings (SSSR count). The van der Waals surface area contributed by atoms with Gasteiger partial charge in [0.1, 0.15) is 6.04 Å². The van der Waals surface area contributed by atoms with Crippen molar-refractivity contribution in [2.24, 2.45) is 0 Å². The van der Waals surface area contributed by atoms with E-state index in [4.69, 9.17) is 0 Å². The van der Waals surface area contributed by atoms with E-state index in [1.807, 2.05) is 35.2 Å². The molecule has 0 spiro atoms. The average molecular weight is 288 g/mol. The minimum absolute atomic E-state index is 0.0299. The number of rotatable bonds is 5. The first-order chi connectivity index (χ1) is 10.2. The molecular weight excluding hydrogens is 264 g/mol. The molecule has 1 aliphatic rings. The average Bonchev–Trinajstić information content (AvgIpc) is 2.63. The molecule has 4 heteroatoms. The van der Waals surface area contributed by atoms with Gasteiger partial charge < -0.3 is 10.2 Å². The summed E-state index contributed by atoms with van der Waals surface area (Å²) < 4.78 is 0. The van der Waals surface area contributed by atoms with Crippen LogP contribution in [0.4, 0.5) is 0 Å². The van der Waals surface area contributed by atoms with Gasteiger partial charge in [0.05, 0.1) is 0 Å². The Kier molecular flexibility index (Phi) is 5.37. The van der Waals surface area contributed by atoms with E-state index in [1.165, 1.54) is 0 Å². The predicted octanol–water partition coefficient (Wildman–Crippen LogP) is 2.13. The molecule has 1 aliphatic heterocycles. The summed E-state index contributed by atoms with van der Waals surface area (Å²) in [6.07, 6.45) is 2.80. The van der Waals surface area contributed by atoms with E-state index < -0.39 is 6.04 Å². The highest BCUT2D eigenvalue weighted by Crippen LogP contribution is 2.16. The maximum absolute atomic E-state index is 12.8. The van der Waals surface area contributed by atoms with Crippen LogP contribution in [0.5, 0.6) is 0 Å². The molecule has 1 atom stereocenters. The molecule has 21 heavy (non-hydrogen) atoms. The summed E-state index contributed by atoms with van der Waals surface area (Å²) in [5, 5.41) is 2.88. The van der Waals surface area contributed by atoms with Crippen molar-refractivity contribution in [1.29, 1.82) is 0 Å². The molecule has 1 saturated heterocycles. The number of nitrogens with zero attached hydrogens (tertiary/aromatic N) is 1. The molecule has 1 N–H and O–H groups in total. The fraction of sp³-hybridized carbons (Fsp3) is 0.529. The largest absolute Gasteiger partial charge is 0.344 e. The highest BCUT2D eigenvalue weighted by molar-refractivity contribution is 5.90. The van der Waals surface area contributed by atoms with E-state index in [0.29, 0.717) is 19.4 Å². The zero-order valence-electron chi connectivity index (χ0n) is 12.8. The summed E-state index contributed by atoms with van der Waals surface area (Å²) in [4.78, 5) is 26.5. The van der Waals surface area contributed by atoms with Crippen LogP contribution in [0.15, 0.2) is 30.3 Å². The van der Waals surface area contributed by atoms with Gasteiger partial charge >= 0.3 is 0 Å². The number of hydrogen-bond acceptors (Lipinski definition) is 2. The van der Waals surface area contributed by atoms with Crippen molar-refractivity contribution in [1.82, 2.24) is 10.2 Å². The fourth-order valence-corrected chi connectivity index (χ4v) is 2.94. The molecular formula is C17H24N2O2. The van der Waals surface area contributed by atoms with Crippen LogP contribution in [0, 0.1) is 0 Å². The summed E-state index contributed by atoms with van der Waals surface area (Å²) >= 11 is 0. The Bertz CT molecular complexity index is 483. The van der Waals surface area contributed by atoms with Gasteiger partial charge in [0, 0.05) is 25.4 Å². The number of benzene rings is 1. The van der Waals surface area contributed by atoms with Crippen LogP contribution in [0.25, 0.3) is 0 Å². The molecule has 1 heterocycles. The van der Waals surface area contributed by atoms with Crippen molar-refractivity contribution in [2.45, 2.75) is 51.6 Å². The molecule has 0 saturated carbocycles. The number of hydrogen-bond donors (Lipinski definition) is 1. The molecule has 2 amide bonds. The van der Waals surface area contributed by atoms with Crippen LogP contribution in [0.2, 0.25) is 0 Å². The van der Waals surface area contributed by atoms with Crippen molar-refractivity contribution < 1.29 is 9.59 Å². The van der Waals surface area contributed by atoms with E-state index in [2.05, 4.69) is 19.2 Å². The van der Waals surface area contributed by atoms with Gasteiger partial charge in [-0.1, -0.05) is 44.2 Å². The molecule has 1 unspecified atom stereocenters. The minimum atomic E-state index is -0.442. The molecule has 114 valence electrons. The van der Waals surface area contributed by atoms with Gasteiger partial charge in [-0.05, 0) is 18.4 Å². The van der Waals surface area contributed by atoms with Gasteiger partial charge in [-0.25, -0.2) is 0 Å². The third-order valence-electron chi connectivity index (χ3n) is 4.16. The highest BCUT2D eigenvalue weighted by Gasteiger charge is 2.32. The summed E-state index contributed by atoms with van der Waals surface area (Å²) in [5.74, 6) is 0.0242. The van der Waals surface area contributed by atoms with Crippen molar-refractivity contribution in [3.05, 3.63) is 35.9 Å². The number of amides is 2. The van der Waals surface area contributed by atoms with Crippen LogP contribution >= 0.6 is 0 Å². The first kappa shape index (κ1) is 15.5. The molecule has 0 aliphatic carbocycles. The number of nitrogens with one attached hydrogen (secondary N) is 1. The second kappa shape index (κ2) is 7.25. The summed E-state index contributed by atoms with van der Waals surface area (Å²) in [5.41, 5.74) is 1.07. The first-order valence-corrected chi connectivity index (χ1v) is 7.79. The van der Waals surface area contributed by atoms with Gasteiger partial charge in [0.2, 0.25) is 11.8 Å². The predicted molar refractivity (Wildman–Crippen MR) is 82.8 cm³/mol. The Hall–Kier alpha value is -1.84. The Balaban J connectivity index is 2.17. The summed E-state index contributed by atoms with van der Waals surface area (Å²) in [6.45, 7) is 4.71. The molecule has 0 radical (unpaired) electrons. The molecule has 1 fully saturated rings. The van der Waals surface area contributed by atoms with Crippen molar-refractivity contribution in [3.8, 4) is 0 Å². The third kappa shape index (κ3) is 3.84. The zero-order chi connectivity index (χ0) is 15.2. The first-order valence-electron chi connectivity index (χ1n) is 7.79.